The summed E-state index contributed by atoms with van der Waals surface area (Å²) in [4.78, 5) is 0. The van der Waals surface area contributed by atoms with Gasteiger partial charge in [-0.2, -0.15) is 0 Å². The average Bonchev–Trinajstić information content (AvgIpc) is 2.49. The van der Waals surface area contributed by atoms with Gasteiger partial charge < -0.3 is 4.74 Å². The molecule has 118 valence electrons. The zero-order chi connectivity index (χ0) is 16.0. The van der Waals surface area contributed by atoms with Crippen LogP contribution in [0.4, 0.5) is 0 Å². The zero-order valence-corrected chi connectivity index (χ0v) is 13.8. The van der Waals surface area contributed by atoms with Crippen LogP contribution in [0.5, 0.6) is 5.75 Å². The maximum Gasteiger partial charge on any atom is 0.216 e. The van der Waals surface area contributed by atoms with E-state index in [0.29, 0.717) is 22.9 Å². The average molecular weight is 340 g/mol. The van der Waals surface area contributed by atoms with Crippen molar-refractivity contribution in [1.82, 2.24) is 4.72 Å². The summed E-state index contributed by atoms with van der Waals surface area (Å²) in [5.74, 6) is 0.536. The van der Waals surface area contributed by atoms with Crippen LogP contribution in [0.3, 0.4) is 0 Å². The molecule has 0 saturated heterocycles. The fourth-order valence-electron chi connectivity index (χ4n) is 2.01. The Bertz CT molecular complexity index is 732. The van der Waals surface area contributed by atoms with Crippen molar-refractivity contribution in [2.24, 2.45) is 0 Å². The van der Waals surface area contributed by atoms with E-state index in [-0.39, 0.29) is 12.3 Å². The summed E-state index contributed by atoms with van der Waals surface area (Å²) in [7, 11) is -3.48. The van der Waals surface area contributed by atoms with Gasteiger partial charge in [-0.25, -0.2) is 13.1 Å². The van der Waals surface area contributed by atoms with Crippen LogP contribution in [-0.2, 0) is 22.3 Å². The SMILES string of the molecule is CCOc1ccccc1CNS(=O)(=O)Cc1ccccc1Cl. The lowest BCUT2D eigenvalue weighted by Crippen LogP contribution is -2.25. The van der Waals surface area contributed by atoms with Crippen LogP contribution in [0.15, 0.2) is 48.5 Å². The third-order valence-corrected chi connectivity index (χ3v) is 4.70. The first-order chi connectivity index (χ1) is 10.5. The van der Waals surface area contributed by atoms with Gasteiger partial charge in [0.1, 0.15) is 5.75 Å². The molecule has 0 spiro atoms. The number of hydrogen-bond acceptors (Lipinski definition) is 3. The summed E-state index contributed by atoms with van der Waals surface area (Å²) in [5, 5.41) is 0.447. The van der Waals surface area contributed by atoms with E-state index >= 15 is 0 Å². The molecule has 2 aromatic carbocycles. The predicted octanol–water partition coefficient (Wildman–Crippen LogP) is 3.36. The molecule has 0 aromatic heterocycles. The van der Waals surface area contributed by atoms with E-state index in [1.165, 1.54) is 0 Å². The Morgan fingerprint density at radius 2 is 1.68 bits per heavy atom. The van der Waals surface area contributed by atoms with Crippen molar-refractivity contribution in [3.05, 3.63) is 64.7 Å². The number of nitrogens with one attached hydrogen (secondary N) is 1. The van der Waals surface area contributed by atoms with E-state index < -0.39 is 10.0 Å². The highest BCUT2D eigenvalue weighted by Crippen LogP contribution is 2.20. The summed E-state index contributed by atoms with van der Waals surface area (Å²) in [6.45, 7) is 2.60. The lowest BCUT2D eigenvalue weighted by atomic mass is 10.2. The second-order valence-corrected chi connectivity index (χ2v) is 6.93. The van der Waals surface area contributed by atoms with Crippen LogP contribution < -0.4 is 9.46 Å². The van der Waals surface area contributed by atoms with Gasteiger partial charge in [0.15, 0.2) is 0 Å². The van der Waals surface area contributed by atoms with Crippen molar-refractivity contribution in [1.29, 1.82) is 0 Å². The number of para-hydroxylation sites is 1. The quantitative estimate of drug-likeness (QED) is 0.841. The molecule has 0 amide bonds. The first-order valence-electron chi connectivity index (χ1n) is 6.93. The molecule has 0 aliphatic heterocycles. The van der Waals surface area contributed by atoms with E-state index in [1.54, 1.807) is 24.3 Å². The van der Waals surface area contributed by atoms with Crippen LogP contribution in [0.1, 0.15) is 18.1 Å². The van der Waals surface area contributed by atoms with Crippen molar-refractivity contribution in [2.75, 3.05) is 6.61 Å². The molecule has 0 radical (unpaired) electrons. The third kappa shape index (κ3) is 4.73. The number of ether oxygens (including phenoxy) is 1. The molecule has 0 aliphatic rings. The van der Waals surface area contributed by atoms with Gasteiger partial charge in [0.25, 0.3) is 0 Å². The Morgan fingerprint density at radius 3 is 2.36 bits per heavy atom. The van der Waals surface area contributed by atoms with Crippen molar-refractivity contribution in [3.63, 3.8) is 0 Å². The van der Waals surface area contributed by atoms with Gasteiger partial charge in [-0.15, -0.1) is 0 Å². The molecule has 22 heavy (non-hydrogen) atoms. The lowest BCUT2D eigenvalue weighted by molar-refractivity contribution is 0.336. The summed E-state index contributed by atoms with van der Waals surface area (Å²) < 4.78 is 32.4. The van der Waals surface area contributed by atoms with Crippen molar-refractivity contribution < 1.29 is 13.2 Å². The molecule has 2 aromatic rings. The highest BCUT2D eigenvalue weighted by molar-refractivity contribution is 7.88. The summed E-state index contributed by atoms with van der Waals surface area (Å²) in [5.41, 5.74) is 1.38. The van der Waals surface area contributed by atoms with Crippen molar-refractivity contribution in [3.8, 4) is 5.75 Å². The molecule has 0 aliphatic carbocycles. The third-order valence-electron chi connectivity index (χ3n) is 3.06. The minimum Gasteiger partial charge on any atom is -0.494 e. The molecular weight excluding hydrogens is 322 g/mol. The van der Waals surface area contributed by atoms with Gasteiger partial charge in [-0.3, -0.25) is 0 Å². The monoisotopic (exact) mass is 339 g/mol. The van der Waals surface area contributed by atoms with Gasteiger partial charge in [0.2, 0.25) is 10.0 Å². The highest BCUT2D eigenvalue weighted by Gasteiger charge is 2.14. The van der Waals surface area contributed by atoms with Crippen LogP contribution in [0.2, 0.25) is 5.02 Å². The Hall–Kier alpha value is -1.56. The molecule has 0 fully saturated rings. The molecule has 0 unspecified atom stereocenters. The fraction of sp³-hybridized carbons (Fsp3) is 0.250. The Balaban J connectivity index is 2.06. The van der Waals surface area contributed by atoms with Crippen molar-refractivity contribution in [2.45, 2.75) is 19.2 Å². The normalized spacial score (nSPS) is 11.4. The fourth-order valence-corrected chi connectivity index (χ4v) is 3.43. The largest absolute Gasteiger partial charge is 0.494 e. The second kappa shape index (κ2) is 7.63. The minimum atomic E-state index is -3.48. The topological polar surface area (TPSA) is 55.4 Å². The number of halogens is 1. The molecule has 0 atom stereocenters. The molecule has 4 nitrogen and oxygen atoms in total. The second-order valence-electron chi connectivity index (χ2n) is 4.71. The maximum atomic E-state index is 12.2. The van der Waals surface area contributed by atoms with Gasteiger partial charge in [0.05, 0.1) is 12.4 Å². The Morgan fingerprint density at radius 1 is 1.05 bits per heavy atom. The van der Waals surface area contributed by atoms with E-state index in [4.69, 9.17) is 16.3 Å². The number of benzene rings is 2. The Kier molecular flexibility index (Phi) is 5.83. The predicted molar refractivity (Wildman–Crippen MR) is 88.5 cm³/mol. The smallest absolute Gasteiger partial charge is 0.216 e. The highest BCUT2D eigenvalue weighted by atomic mass is 35.5. The summed E-state index contributed by atoms with van der Waals surface area (Å²) in [6, 6.07) is 14.3. The molecule has 6 heteroatoms. The number of rotatable bonds is 7. The van der Waals surface area contributed by atoms with Gasteiger partial charge >= 0.3 is 0 Å². The van der Waals surface area contributed by atoms with Crippen LogP contribution in [-0.4, -0.2) is 15.0 Å². The molecular formula is C16H18ClNO3S. The number of hydrogen-bond donors (Lipinski definition) is 1. The standard InChI is InChI=1S/C16H18ClNO3S/c1-2-21-16-10-6-4-7-13(16)11-18-22(19,20)12-14-8-3-5-9-15(14)17/h3-10,18H,2,11-12H2,1H3. The molecule has 0 heterocycles. The first-order valence-corrected chi connectivity index (χ1v) is 8.96. The van der Waals surface area contributed by atoms with Crippen LogP contribution in [0.25, 0.3) is 0 Å². The van der Waals surface area contributed by atoms with E-state index in [9.17, 15) is 8.42 Å². The minimum absolute atomic E-state index is 0.149. The van der Waals surface area contributed by atoms with Gasteiger partial charge in [0, 0.05) is 17.1 Å². The van der Waals surface area contributed by atoms with Gasteiger partial charge in [-0.05, 0) is 24.6 Å². The number of sulfonamides is 1. The summed E-state index contributed by atoms with van der Waals surface area (Å²) in [6.07, 6.45) is 0. The molecule has 1 N–H and O–H groups in total. The molecule has 0 bridgehead atoms. The zero-order valence-electron chi connectivity index (χ0n) is 12.3. The van der Waals surface area contributed by atoms with Crippen LogP contribution in [0, 0.1) is 0 Å². The van der Waals surface area contributed by atoms with E-state index in [1.807, 2.05) is 31.2 Å². The van der Waals surface area contributed by atoms with Crippen molar-refractivity contribution >= 4 is 21.6 Å². The van der Waals surface area contributed by atoms with E-state index in [2.05, 4.69) is 4.72 Å². The van der Waals surface area contributed by atoms with Crippen LogP contribution >= 0.6 is 11.6 Å². The van der Waals surface area contributed by atoms with E-state index in [0.717, 1.165) is 5.56 Å². The molecule has 0 saturated carbocycles. The first kappa shape index (κ1) is 16.8. The summed E-state index contributed by atoms with van der Waals surface area (Å²) >= 11 is 6.00. The lowest BCUT2D eigenvalue weighted by Gasteiger charge is -2.11. The Labute approximate surface area is 136 Å². The molecule has 2 rings (SSSR count). The van der Waals surface area contributed by atoms with Gasteiger partial charge in [-0.1, -0.05) is 48.0 Å². The maximum absolute atomic E-state index is 12.2.